The highest BCUT2D eigenvalue weighted by Gasteiger charge is 2.32. The van der Waals surface area contributed by atoms with Gasteiger partial charge in [-0.3, -0.25) is 24.0 Å². The van der Waals surface area contributed by atoms with Crippen LogP contribution in [0.25, 0.3) is 0 Å². The number of carboxylic acids is 2. The normalized spacial score (nSPS) is 13.8. The number of benzene rings is 1. The highest BCUT2D eigenvalue weighted by atomic mass is 16.4. The van der Waals surface area contributed by atoms with E-state index in [1.165, 1.54) is 24.3 Å². The minimum Gasteiger partial charge on any atom is -0.508 e. The number of nitrogens with two attached hydrogens (primary N) is 3. The highest BCUT2D eigenvalue weighted by Crippen LogP contribution is 2.12. The summed E-state index contributed by atoms with van der Waals surface area (Å²) in [6.45, 7) is 0.394. The third-order valence-corrected chi connectivity index (χ3v) is 5.35. The van der Waals surface area contributed by atoms with Crippen molar-refractivity contribution in [3.05, 3.63) is 29.8 Å². The minimum atomic E-state index is -1.69. The van der Waals surface area contributed by atoms with Crippen molar-refractivity contribution < 1.29 is 44.1 Å². The lowest BCUT2D eigenvalue weighted by molar-refractivity contribution is -0.144. The Morgan fingerprint density at radius 1 is 0.789 bits per heavy atom. The molecule has 15 heteroatoms. The molecule has 0 spiro atoms. The summed E-state index contributed by atoms with van der Waals surface area (Å²) in [5, 5.41) is 34.7. The molecule has 0 saturated carbocycles. The van der Waals surface area contributed by atoms with E-state index in [9.17, 15) is 44.1 Å². The molecule has 0 radical (unpaired) electrons. The molecule has 0 heterocycles. The number of carbonyl (C=O) groups excluding carboxylic acids is 4. The van der Waals surface area contributed by atoms with Crippen LogP contribution in [0.15, 0.2) is 24.3 Å². The van der Waals surface area contributed by atoms with E-state index in [0.717, 1.165) is 0 Å². The van der Waals surface area contributed by atoms with E-state index in [1.807, 2.05) is 0 Å². The summed E-state index contributed by atoms with van der Waals surface area (Å²) in [6.07, 6.45) is -0.381. The average molecular weight is 539 g/mol. The molecular weight excluding hydrogens is 504 g/mol. The van der Waals surface area contributed by atoms with Gasteiger partial charge in [-0.2, -0.15) is 0 Å². The van der Waals surface area contributed by atoms with Crippen LogP contribution in [-0.4, -0.2) is 81.6 Å². The van der Waals surface area contributed by atoms with E-state index in [1.54, 1.807) is 0 Å². The lowest BCUT2D eigenvalue weighted by atomic mass is 10.0. The van der Waals surface area contributed by atoms with Crippen molar-refractivity contribution in [2.24, 2.45) is 17.2 Å². The Balaban J connectivity index is 3.13. The van der Waals surface area contributed by atoms with Crippen LogP contribution in [-0.2, 0) is 35.2 Å². The first-order valence-electron chi connectivity index (χ1n) is 11.7. The van der Waals surface area contributed by atoms with Crippen LogP contribution < -0.4 is 33.2 Å². The molecule has 15 nitrogen and oxygen atoms in total. The molecule has 1 aromatic carbocycles. The summed E-state index contributed by atoms with van der Waals surface area (Å²) in [4.78, 5) is 72.4. The maximum absolute atomic E-state index is 13.0. The lowest BCUT2D eigenvalue weighted by Gasteiger charge is -2.24. The fraction of sp³-hybridized carbons (Fsp3) is 0.478. The number of carbonyl (C=O) groups is 6. The van der Waals surface area contributed by atoms with E-state index < -0.39 is 72.6 Å². The van der Waals surface area contributed by atoms with Crippen molar-refractivity contribution in [3.8, 4) is 5.75 Å². The fourth-order valence-corrected chi connectivity index (χ4v) is 3.33. The molecule has 210 valence electrons. The lowest BCUT2D eigenvalue weighted by Crippen LogP contribution is -2.58. The Hall–Kier alpha value is -4.24. The Kier molecular flexibility index (Phi) is 13.2. The summed E-state index contributed by atoms with van der Waals surface area (Å²) >= 11 is 0. The van der Waals surface area contributed by atoms with Gasteiger partial charge in [0.15, 0.2) is 0 Å². The summed E-state index contributed by atoms with van der Waals surface area (Å²) in [5.41, 5.74) is 16.7. The van der Waals surface area contributed by atoms with Crippen LogP contribution in [0.3, 0.4) is 0 Å². The van der Waals surface area contributed by atoms with Gasteiger partial charge < -0.3 is 48.5 Å². The molecule has 0 aliphatic heterocycles. The monoisotopic (exact) mass is 538 g/mol. The summed E-state index contributed by atoms with van der Waals surface area (Å²) < 4.78 is 0. The third-order valence-electron chi connectivity index (χ3n) is 5.35. The fourth-order valence-electron chi connectivity index (χ4n) is 3.33. The highest BCUT2D eigenvalue weighted by molar-refractivity contribution is 5.96. The molecule has 4 atom stereocenters. The first kappa shape index (κ1) is 31.8. The number of aliphatic carboxylic acids is 2. The first-order chi connectivity index (χ1) is 17.8. The molecule has 4 amide bonds. The van der Waals surface area contributed by atoms with Crippen LogP contribution >= 0.6 is 0 Å². The summed E-state index contributed by atoms with van der Waals surface area (Å²) in [7, 11) is 0. The van der Waals surface area contributed by atoms with Crippen LogP contribution in [0, 0.1) is 0 Å². The molecule has 38 heavy (non-hydrogen) atoms. The van der Waals surface area contributed by atoms with Gasteiger partial charge in [-0.05, 0) is 37.1 Å². The number of phenolic OH excluding ortho intramolecular Hbond substituents is 1. The molecule has 4 unspecified atom stereocenters. The number of aromatic hydroxyl groups is 1. The van der Waals surface area contributed by atoms with Crippen molar-refractivity contribution in [1.82, 2.24) is 16.0 Å². The molecule has 0 aliphatic rings. The smallest absolute Gasteiger partial charge is 0.326 e. The van der Waals surface area contributed by atoms with Gasteiger partial charge in [-0.1, -0.05) is 18.6 Å². The van der Waals surface area contributed by atoms with E-state index in [2.05, 4.69) is 16.0 Å². The second-order valence-electron chi connectivity index (χ2n) is 8.55. The number of amides is 4. The van der Waals surface area contributed by atoms with Gasteiger partial charge in [0.2, 0.25) is 23.6 Å². The molecule has 1 aromatic rings. The molecule has 1 rings (SSSR count). The zero-order chi connectivity index (χ0) is 28.8. The molecule has 0 bridgehead atoms. The summed E-state index contributed by atoms with van der Waals surface area (Å²) in [6, 6.07) is -0.290. The number of rotatable bonds is 17. The molecule has 0 fully saturated rings. The van der Waals surface area contributed by atoms with Crippen LogP contribution in [0.2, 0.25) is 0 Å². The molecule has 12 N–H and O–H groups in total. The van der Waals surface area contributed by atoms with Gasteiger partial charge in [-0.15, -0.1) is 0 Å². The zero-order valence-electron chi connectivity index (χ0n) is 20.6. The number of phenols is 1. The summed E-state index contributed by atoms with van der Waals surface area (Å²) in [5.74, 6) is -6.88. The Morgan fingerprint density at radius 2 is 1.34 bits per heavy atom. The number of hydrogen-bond donors (Lipinski definition) is 9. The Labute approximate surface area is 218 Å². The predicted molar refractivity (Wildman–Crippen MR) is 132 cm³/mol. The Bertz CT molecular complexity index is 1000. The minimum absolute atomic E-state index is 0.0711. The standard InChI is InChI=1S/C23H34N6O9/c24-8-2-1-3-14(25)20(34)27-16(11-19(32)33)22(36)28-15(9-12-4-6-13(30)7-5-12)21(35)29-17(23(37)38)10-18(26)31/h4-7,14-17,30H,1-3,8-11,24-25H2,(H2,26,31)(H,27,34)(H,28,36)(H,29,35)(H,32,33)(H,37,38). The second-order valence-corrected chi connectivity index (χ2v) is 8.55. The van der Waals surface area contributed by atoms with Gasteiger partial charge in [0.25, 0.3) is 0 Å². The first-order valence-corrected chi connectivity index (χ1v) is 11.7. The van der Waals surface area contributed by atoms with Crippen LogP contribution in [0.1, 0.15) is 37.7 Å². The molecule has 0 aliphatic carbocycles. The number of nitrogens with one attached hydrogen (secondary N) is 3. The van der Waals surface area contributed by atoms with Crippen LogP contribution in [0.5, 0.6) is 5.75 Å². The van der Waals surface area contributed by atoms with Gasteiger partial charge in [-0.25, -0.2) is 4.79 Å². The van der Waals surface area contributed by atoms with Crippen molar-refractivity contribution in [3.63, 3.8) is 0 Å². The van der Waals surface area contributed by atoms with Gasteiger partial charge in [0.05, 0.1) is 18.9 Å². The van der Waals surface area contributed by atoms with Crippen molar-refractivity contribution in [2.45, 2.75) is 62.7 Å². The largest absolute Gasteiger partial charge is 0.508 e. The van der Waals surface area contributed by atoms with Crippen molar-refractivity contribution in [1.29, 1.82) is 0 Å². The number of primary amides is 1. The average Bonchev–Trinajstić information content (AvgIpc) is 2.83. The van der Waals surface area contributed by atoms with Crippen LogP contribution in [0.4, 0.5) is 0 Å². The second kappa shape index (κ2) is 15.8. The quantitative estimate of drug-likeness (QED) is 0.0918. The number of carboxylic acid groups (broad SMARTS) is 2. The van der Waals surface area contributed by atoms with Crippen molar-refractivity contribution >= 4 is 35.6 Å². The number of unbranched alkanes of at least 4 members (excludes halogenated alkanes) is 1. The zero-order valence-corrected chi connectivity index (χ0v) is 20.6. The molecular formula is C23H34N6O9. The topological polar surface area (TPSA) is 277 Å². The van der Waals surface area contributed by atoms with E-state index >= 15 is 0 Å². The maximum atomic E-state index is 13.0. The Morgan fingerprint density at radius 3 is 1.87 bits per heavy atom. The maximum Gasteiger partial charge on any atom is 0.326 e. The van der Waals surface area contributed by atoms with E-state index in [4.69, 9.17) is 17.2 Å². The molecule has 0 saturated heterocycles. The van der Waals surface area contributed by atoms with E-state index in [0.29, 0.717) is 24.9 Å². The SMILES string of the molecule is NCCCCC(N)C(=O)NC(CC(=O)O)C(=O)NC(Cc1ccc(O)cc1)C(=O)NC(CC(N)=O)C(=O)O. The third kappa shape index (κ3) is 11.7. The molecule has 0 aromatic heterocycles. The van der Waals surface area contributed by atoms with Gasteiger partial charge in [0, 0.05) is 6.42 Å². The van der Waals surface area contributed by atoms with Gasteiger partial charge in [0.1, 0.15) is 23.9 Å². The van der Waals surface area contributed by atoms with Gasteiger partial charge >= 0.3 is 11.9 Å². The predicted octanol–water partition coefficient (Wildman–Crippen LogP) is -2.72. The van der Waals surface area contributed by atoms with E-state index in [-0.39, 0.29) is 18.6 Å². The van der Waals surface area contributed by atoms with Crippen molar-refractivity contribution in [2.75, 3.05) is 6.54 Å². The number of hydrogen-bond acceptors (Lipinski definition) is 9.